The van der Waals surface area contributed by atoms with Crippen LogP contribution < -0.4 is 10.0 Å². The van der Waals surface area contributed by atoms with Crippen molar-refractivity contribution in [2.45, 2.75) is 24.8 Å². The number of para-hydroxylation sites is 1. The number of carbonyl (C=O) groups is 1. The molecule has 0 aliphatic heterocycles. The molecule has 0 fully saturated rings. The van der Waals surface area contributed by atoms with E-state index in [1.165, 1.54) is 12.1 Å². The van der Waals surface area contributed by atoms with Crippen molar-refractivity contribution in [1.82, 2.24) is 9.71 Å². The van der Waals surface area contributed by atoms with Gasteiger partial charge in [-0.3, -0.25) is 9.78 Å². The molecule has 144 valence electrons. The Morgan fingerprint density at radius 1 is 1.04 bits per heavy atom. The quantitative estimate of drug-likeness (QED) is 0.642. The summed E-state index contributed by atoms with van der Waals surface area (Å²) in [6.07, 6.45) is 4.00. The lowest BCUT2D eigenvalue weighted by molar-refractivity contribution is 0.102. The van der Waals surface area contributed by atoms with Gasteiger partial charge in [0.2, 0.25) is 10.0 Å². The Morgan fingerprint density at radius 3 is 2.61 bits per heavy atom. The van der Waals surface area contributed by atoms with E-state index in [2.05, 4.69) is 15.0 Å². The fourth-order valence-electron chi connectivity index (χ4n) is 2.71. The highest BCUT2D eigenvalue weighted by Crippen LogP contribution is 2.18. The molecule has 7 heteroatoms. The summed E-state index contributed by atoms with van der Waals surface area (Å²) < 4.78 is 27.7. The zero-order chi connectivity index (χ0) is 20.0. The van der Waals surface area contributed by atoms with E-state index in [0.29, 0.717) is 0 Å². The molecule has 0 saturated carbocycles. The lowest BCUT2D eigenvalue weighted by atomic mass is 10.1. The second-order valence-corrected chi connectivity index (χ2v) is 7.95. The number of rotatable bonds is 7. The lowest BCUT2D eigenvalue weighted by Crippen LogP contribution is -2.24. The predicted octanol–water partition coefficient (Wildman–Crippen LogP) is 3.37. The molecule has 2 N–H and O–H groups in total. The van der Waals surface area contributed by atoms with Gasteiger partial charge in [0.05, 0.1) is 4.90 Å². The van der Waals surface area contributed by atoms with Crippen molar-refractivity contribution in [1.29, 1.82) is 0 Å². The molecule has 0 saturated heterocycles. The largest absolute Gasteiger partial charge is 0.322 e. The van der Waals surface area contributed by atoms with Crippen LogP contribution >= 0.6 is 0 Å². The maximum atomic E-state index is 12.6. The number of amides is 1. The van der Waals surface area contributed by atoms with Crippen molar-refractivity contribution in [3.63, 3.8) is 0 Å². The zero-order valence-electron chi connectivity index (χ0n) is 15.4. The predicted molar refractivity (Wildman–Crippen MR) is 108 cm³/mol. The van der Waals surface area contributed by atoms with E-state index in [-0.39, 0.29) is 22.9 Å². The van der Waals surface area contributed by atoms with Crippen LogP contribution in [-0.2, 0) is 23.0 Å². The van der Waals surface area contributed by atoms with E-state index < -0.39 is 10.0 Å². The van der Waals surface area contributed by atoms with Gasteiger partial charge in [0.25, 0.3) is 5.91 Å². The van der Waals surface area contributed by atoms with Gasteiger partial charge in [-0.2, -0.15) is 0 Å². The first-order valence-electron chi connectivity index (χ1n) is 8.87. The number of nitrogens with zero attached hydrogens (tertiary/aromatic N) is 1. The molecule has 0 bridgehead atoms. The molecule has 0 spiro atoms. The Morgan fingerprint density at radius 2 is 1.86 bits per heavy atom. The van der Waals surface area contributed by atoms with Gasteiger partial charge in [0.1, 0.15) is 0 Å². The van der Waals surface area contributed by atoms with E-state index in [4.69, 9.17) is 0 Å². The van der Waals surface area contributed by atoms with E-state index in [1.54, 1.807) is 36.7 Å². The number of benzene rings is 2. The molecule has 0 radical (unpaired) electrons. The van der Waals surface area contributed by atoms with Crippen molar-refractivity contribution in [3.05, 3.63) is 89.7 Å². The van der Waals surface area contributed by atoms with E-state index >= 15 is 0 Å². The molecule has 2 aromatic carbocycles. The molecule has 0 aliphatic carbocycles. The molecule has 1 heterocycles. The minimum absolute atomic E-state index is 0.0350. The first-order valence-corrected chi connectivity index (χ1v) is 10.4. The fraction of sp³-hybridized carbons (Fsp3) is 0.143. The smallest absolute Gasteiger partial charge is 0.255 e. The van der Waals surface area contributed by atoms with Gasteiger partial charge in [-0.15, -0.1) is 0 Å². The minimum Gasteiger partial charge on any atom is -0.322 e. The lowest BCUT2D eigenvalue weighted by Gasteiger charge is -2.11. The van der Waals surface area contributed by atoms with Crippen LogP contribution in [0.2, 0.25) is 0 Å². The number of nitrogens with one attached hydrogen (secondary N) is 2. The van der Waals surface area contributed by atoms with Crippen LogP contribution in [0.15, 0.2) is 78.0 Å². The molecular weight excluding hydrogens is 374 g/mol. The van der Waals surface area contributed by atoms with Gasteiger partial charge >= 0.3 is 0 Å². The number of pyridine rings is 1. The Bertz CT molecular complexity index is 1070. The fourth-order valence-corrected chi connectivity index (χ4v) is 3.78. The molecule has 1 aromatic heterocycles. The van der Waals surface area contributed by atoms with Crippen LogP contribution in [0.1, 0.15) is 28.4 Å². The van der Waals surface area contributed by atoms with Crippen LogP contribution in [0, 0.1) is 0 Å². The summed E-state index contributed by atoms with van der Waals surface area (Å²) in [5.41, 5.74) is 2.75. The SMILES string of the molecule is CCc1ccccc1NC(=O)c1cccc(S(=O)(=O)NCc2cccnc2)c1. The van der Waals surface area contributed by atoms with Gasteiger partial charge in [0, 0.05) is 30.2 Å². The first kappa shape index (κ1) is 19.7. The normalized spacial score (nSPS) is 11.2. The highest BCUT2D eigenvalue weighted by atomic mass is 32.2. The van der Waals surface area contributed by atoms with Crippen molar-refractivity contribution in [2.24, 2.45) is 0 Å². The average molecular weight is 395 g/mol. The average Bonchev–Trinajstić information content (AvgIpc) is 2.73. The third-order valence-corrected chi connectivity index (χ3v) is 5.64. The molecule has 6 nitrogen and oxygen atoms in total. The maximum Gasteiger partial charge on any atom is 0.255 e. The summed E-state index contributed by atoms with van der Waals surface area (Å²) in [6, 6.07) is 17.0. The highest BCUT2D eigenvalue weighted by Gasteiger charge is 2.16. The van der Waals surface area contributed by atoms with Crippen LogP contribution in [0.3, 0.4) is 0 Å². The van der Waals surface area contributed by atoms with Crippen molar-refractivity contribution in [3.8, 4) is 0 Å². The van der Waals surface area contributed by atoms with Gasteiger partial charge in [-0.1, -0.05) is 37.3 Å². The number of aromatic nitrogens is 1. The summed E-state index contributed by atoms with van der Waals surface area (Å²) in [5.74, 6) is -0.356. The topological polar surface area (TPSA) is 88.2 Å². The van der Waals surface area contributed by atoms with Gasteiger partial charge < -0.3 is 5.32 Å². The zero-order valence-corrected chi connectivity index (χ0v) is 16.2. The third-order valence-electron chi connectivity index (χ3n) is 4.24. The monoisotopic (exact) mass is 395 g/mol. The first-order chi connectivity index (χ1) is 13.5. The van der Waals surface area contributed by atoms with Crippen molar-refractivity contribution >= 4 is 21.6 Å². The Hall–Kier alpha value is -3.03. The summed E-state index contributed by atoms with van der Waals surface area (Å²) in [7, 11) is -3.76. The summed E-state index contributed by atoms with van der Waals surface area (Å²) in [4.78, 5) is 16.6. The second kappa shape index (κ2) is 8.77. The molecule has 0 atom stereocenters. The molecule has 3 rings (SSSR count). The maximum absolute atomic E-state index is 12.6. The number of hydrogen-bond acceptors (Lipinski definition) is 4. The Kier molecular flexibility index (Phi) is 6.18. The molecule has 3 aromatic rings. The molecule has 0 unspecified atom stereocenters. The van der Waals surface area contributed by atoms with Crippen LogP contribution in [-0.4, -0.2) is 19.3 Å². The van der Waals surface area contributed by atoms with Crippen LogP contribution in [0.4, 0.5) is 5.69 Å². The summed E-state index contributed by atoms with van der Waals surface area (Å²) in [5, 5.41) is 2.85. The van der Waals surface area contributed by atoms with Crippen LogP contribution in [0.5, 0.6) is 0 Å². The number of carbonyl (C=O) groups excluding carboxylic acids is 1. The summed E-state index contributed by atoms with van der Waals surface area (Å²) in [6.45, 7) is 2.13. The van der Waals surface area contributed by atoms with Gasteiger partial charge in [-0.25, -0.2) is 13.1 Å². The molecule has 28 heavy (non-hydrogen) atoms. The number of sulfonamides is 1. The number of hydrogen-bond donors (Lipinski definition) is 2. The molecule has 0 aliphatic rings. The third kappa shape index (κ3) is 4.82. The number of anilines is 1. The van der Waals surface area contributed by atoms with E-state index in [1.807, 2.05) is 31.2 Å². The molecule has 1 amide bonds. The number of aryl methyl sites for hydroxylation is 1. The van der Waals surface area contributed by atoms with Crippen molar-refractivity contribution in [2.75, 3.05) is 5.32 Å². The Labute approximate surface area is 164 Å². The standard InChI is InChI=1S/C21H21N3O3S/c1-2-17-8-3-4-11-20(17)24-21(25)18-9-5-10-19(13-18)28(26,27)23-15-16-7-6-12-22-14-16/h3-14,23H,2,15H2,1H3,(H,24,25). The van der Waals surface area contributed by atoms with Gasteiger partial charge in [0.15, 0.2) is 0 Å². The van der Waals surface area contributed by atoms with E-state index in [0.717, 1.165) is 23.2 Å². The Balaban J connectivity index is 1.76. The van der Waals surface area contributed by atoms with Crippen LogP contribution in [0.25, 0.3) is 0 Å². The van der Waals surface area contributed by atoms with E-state index in [9.17, 15) is 13.2 Å². The van der Waals surface area contributed by atoms with Crippen molar-refractivity contribution < 1.29 is 13.2 Å². The molecular formula is C21H21N3O3S. The summed E-state index contributed by atoms with van der Waals surface area (Å²) >= 11 is 0. The highest BCUT2D eigenvalue weighted by molar-refractivity contribution is 7.89. The second-order valence-electron chi connectivity index (χ2n) is 6.18. The van der Waals surface area contributed by atoms with Gasteiger partial charge in [-0.05, 0) is 47.9 Å². The minimum atomic E-state index is -3.76.